The second-order valence-electron chi connectivity index (χ2n) is 5.38. The predicted molar refractivity (Wildman–Crippen MR) is 92.6 cm³/mol. The number of carbonyl (C=O) groups is 2. The predicted octanol–water partition coefficient (Wildman–Crippen LogP) is 3.63. The van der Waals surface area contributed by atoms with E-state index in [0.717, 1.165) is 11.3 Å². The largest absolute Gasteiger partial charge is 0.480 e. The highest BCUT2D eigenvalue weighted by Gasteiger charge is 2.32. The number of rotatable bonds is 9. The lowest BCUT2D eigenvalue weighted by atomic mass is 10.1. The smallest absolute Gasteiger partial charge is 0.411 e. The third-order valence-electron chi connectivity index (χ3n) is 3.33. The molecule has 128 valence electrons. The van der Waals surface area contributed by atoms with Crippen molar-refractivity contribution in [3.63, 3.8) is 0 Å². The maximum Gasteiger partial charge on any atom is 0.411 e. The van der Waals surface area contributed by atoms with E-state index in [9.17, 15) is 14.7 Å². The molecule has 0 saturated carbocycles. The average Bonchev–Trinajstić information content (AvgIpc) is 2.52. The number of carboxylic acid groups (broad SMARTS) is 1. The summed E-state index contributed by atoms with van der Waals surface area (Å²) in [7, 11) is 0. The molecule has 0 heterocycles. The Balaban J connectivity index is 2.73. The maximum absolute atomic E-state index is 12.4. The fourth-order valence-electron chi connectivity index (χ4n) is 2.21. The summed E-state index contributed by atoms with van der Waals surface area (Å²) in [4.78, 5) is 25.3. The first-order valence-electron chi connectivity index (χ1n) is 7.76. The van der Waals surface area contributed by atoms with E-state index in [1.807, 2.05) is 37.3 Å². The second-order valence-corrected chi connectivity index (χ2v) is 6.77. The summed E-state index contributed by atoms with van der Waals surface area (Å²) >= 11 is 1.66. The van der Waals surface area contributed by atoms with Crippen LogP contribution in [0.5, 0.6) is 0 Å². The molecule has 1 rings (SSSR count). The Labute approximate surface area is 142 Å². The van der Waals surface area contributed by atoms with Crippen molar-refractivity contribution in [2.45, 2.75) is 45.9 Å². The number of hydrogen-bond donors (Lipinski definition) is 1. The minimum absolute atomic E-state index is 0.138. The van der Waals surface area contributed by atoms with Gasteiger partial charge in [-0.2, -0.15) is 11.8 Å². The lowest BCUT2D eigenvalue weighted by Gasteiger charge is -2.31. The number of carbonyl (C=O) groups excluding carboxylic acids is 1. The van der Waals surface area contributed by atoms with E-state index in [-0.39, 0.29) is 12.6 Å². The van der Waals surface area contributed by atoms with Crippen LogP contribution in [0.3, 0.4) is 0 Å². The van der Waals surface area contributed by atoms with Crippen molar-refractivity contribution in [1.29, 1.82) is 0 Å². The minimum atomic E-state index is -0.993. The molecule has 5 nitrogen and oxygen atoms in total. The number of benzene rings is 1. The Kier molecular flexibility index (Phi) is 8.55. The molecular weight excluding hydrogens is 314 g/mol. The summed E-state index contributed by atoms with van der Waals surface area (Å²) in [5.41, 5.74) is 0.873. The van der Waals surface area contributed by atoms with Crippen LogP contribution in [0.1, 0.15) is 32.8 Å². The van der Waals surface area contributed by atoms with Gasteiger partial charge in [-0.25, -0.2) is 9.59 Å². The van der Waals surface area contributed by atoms with Crippen LogP contribution in [0.4, 0.5) is 4.79 Å². The number of amides is 1. The van der Waals surface area contributed by atoms with Crippen molar-refractivity contribution in [1.82, 2.24) is 4.90 Å². The molecule has 0 fully saturated rings. The van der Waals surface area contributed by atoms with E-state index in [2.05, 4.69) is 0 Å². The molecule has 0 saturated heterocycles. The van der Waals surface area contributed by atoms with Crippen LogP contribution >= 0.6 is 11.8 Å². The van der Waals surface area contributed by atoms with E-state index < -0.39 is 18.1 Å². The molecule has 0 spiro atoms. The normalized spacial score (nSPS) is 12.0. The molecule has 0 aliphatic carbocycles. The van der Waals surface area contributed by atoms with Crippen molar-refractivity contribution < 1.29 is 19.4 Å². The molecule has 1 atom stereocenters. The van der Waals surface area contributed by atoms with Crippen molar-refractivity contribution in [3.05, 3.63) is 35.9 Å². The van der Waals surface area contributed by atoms with Gasteiger partial charge in [0.2, 0.25) is 0 Å². The summed E-state index contributed by atoms with van der Waals surface area (Å²) in [5, 5.41) is 9.47. The molecule has 23 heavy (non-hydrogen) atoms. The first-order valence-corrected chi connectivity index (χ1v) is 8.92. The Hall–Kier alpha value is -1.69. The molecular formula is C17H25NO4S. The Morgan fingerprint density at radius 1 is 1.26 bits per heavy atom. The third-order valence-corrected chi connectivity index (χ3v) is 4.27. The van der Waals surface area contributed by atoms with Crippen molar-refractivity contribution in [2.75, 3.05) is 11.5 Å². The minimum Gasteiger partial charge on any atom is -0.480 e. The first-order chi connectivity index (χ1) is 11.0. The number of carboxylic acids is 1. The molecule has 0 aliphatic rings. The number of nitrogens with zero attached hydrogens (tertiary/aromatic N) is 1. The first kappa shape index (κ1) is 19.4. The van der Waals surface area contributed by atoms with Gasteiger partial charge in [-0.1, -0.05) is 37.3 Å². The summed E-state index contributed by atoms with van der Waals surface area (Å²) in [6.07, 6.45) is -0.176. The highest BCUT2D eigenvalue weighted by Crippen LogP contribution is 2.16. The summed E-state index contributed by atoms with van der Waals surface area (Å²) in [6.45, 7) is 5.76. The van der Waals surface area contributed by atoms with Crippen LogP contribution in [-0.4, -0.2) is 45.7 Å². The summed E-state index contributed by atoms with van der Waals surface area (Å²) in [5.74, 6) is 0.627. The van der Waals surface area contributed by atoms with Crippen molar-refractivity contribution in [2.24, 2.45) is 0 Å². The van der Waals surface area contributed by atoms with Crippen LogP contribution in [0, 0.1) is 0 Å². The van der Waals surface area contributed by atoms with E-state index in [0.29, 0.717) is 12.2 Å². The fourth-order valence-corrected chi connectivity index (χ4v) is 2.89. The average molecular weight is 339 g/mol. The molecule has 1 aromatic rings. The monoisotopic (exact) mass is 339 g/mol. The van der Waals surface area contributed by atoms with Gasteiger partial charge in [0.15, 0.2) is 0 Å². The zero-order valence-electron chi connectivity index (χ0n) is 13.9. The molecule has 0 aromatic heterocycles. The highest BCUT2D eigenvalue weighted by atomic mass is 32.2. The van der Waals surface area contributed by atoms with Gasteiger partial charge < -0.3 is 9.84 Å². The van der Waals surface area contributed by atoms with Gasteiger partial charge in [-0.05, 0) is 37.3 Å². The number of hydrogen-bond acceptors (Lipinski definition) is 4. The zero-order valence-corrected chi connectivity index (χ0v) is 14.7. The highest BCUT2D eigenvalue weighted by molar-refractivity contribution is 7.99. The quantitative estimate of drug-likeness (QED) is 0.696. The summed E-state index contributed by atoms with van der Waals surface area (Å²) < 4.78 is 5.31. The van der Waals surface area contributed by atoms with Crippen LogP contribution in [0.15, 0.2) is 30.3 Å². The molecule has 0 radical (unpaired) electrons. The molecule has 1 amide bonds. The Morgan fingerprint density at radius 2 is 1.91 bits per heavy atom. The third kappa shape index (κ3) is 6.52. The van der Waals surface area contributed by atoms with Gasteiger partial charge >= 0.3 is 12.1 Å². The lowest BCUT2D eigenvalue weighted by molar-refractivity contribution is -0.143. The summed E-state index contributed by atoms with van der Waals surface area (Å²) in [6, 6.07) is 8.23. The van der Waals surface area contributed by atoms with Crippen LogP contribution in [-0.2, 0) is 16.1 Å². The van der Waals surface area contributed by atoms with Gasteiger partial charge in [0.1, 0.15) is 12.6 Å². The van der Waals surface area contributed by atoms with Gasteiger partial charge in [-0.3, -0.25) is 4.90 Å². The fraction of sp³-hybridized carbons (Fsp3) is 0.529. The molecule has 1 unspecified atom stereocenters. The zero-order chi connectivity index (χ0) is 17.2. The van der Waals surface area contributed by atoms with Crippen LogP contribution in [0.2, 0.25) is 0 Å². The number of ether oxygens (including phenoxy) is 1. The van der Waals surface area contributed by atoms with E-state index in [4.69, 9.17) is 4.74 Å². The standard InChI is InChI=1S/C17H25NO4S/c1-4-23-11-10-15(16(19)20)18(13(2)3)17(21)22-12-14-8-6-5-7-9-14/h5-9,13,15H,4,10-12H2,1-3H3,(H,19,20). The Morgan fingerprint density at radius 3 is 2.43 bits per heavy atom. The Bertz CT molecular complexity index is 493. The maximum atomic E-state index is 12.4. The van der Waals surface area contributed by atoms with E-state index in [1.54, 1.807) is 25.6 Å². The molecule has 1 aromatic carbocycles. The van der Waals surface area contributed by atoms with Crippen LogP contribution in [0.25, 0.3) is 0 Å². The van der Waals surface area contributed by atoms with Gasteiger partial charge in [0, 0.05) is 6.04 Å². The van der Waals surface area contributed by atoms with Gasteiger partial charge in [0.25, 0.3) is 0 Å². The van der Waals surface area contributed by atoms with Crippen molar-refractivity contribution >= 4 is 23.8 Å². The SMILES string of the molecule is CCSCCC(C(=O)O)N(C(=O)OCc1ccccc1)C(C)C. The molecule has 6 heteroatoms. The van der Waals surface area contributed by atoms with Gasteiger partial charge in [0.05, 0.1) is 0 Å². The van der Waals surface area contributed by atoms with Crippen molar-refractivity contribution in [3.8, 4) is 0 Å². The van der Waals surface area contributed by atoms with E-state index >= 15 is 0 Å². The molecule has 0 aliphatic heterocycles. The topological polar surface area (TPSA) is 66.8 Å². The lowest BCUT2D eigenvalue weighted by Crippen LogP contribution is -2.49. The number of aliphatic carboxylic acids is 1. The molecule has 1 N–H and O–H groups in total. The molecule has 0 bridgehead atoms. The van der Waals surface area contributed by atoms with Gasteiger partial charge in [-0.15, -0.1) is 0 Å². The van der Waals surface area contributed by atoms with E-state index in [1.165, 1.54) is 4.90 Å². The number of thioether (sulfide) groups is 1. The second kappa shape index (κ2) is 10.2. The van der Waals surface area contributed by atoms with Crippen LogP contribution < -0.4 is 0 Å².